The Morgan fingerprint density at radius 2 is 1.07 bits per heavy atom. The molecule has 4 aromatic heterocycles. The summed E-state index contributed by atoms with van der Waals surface area (Å²) in [5.41, 5.74) is -1.19. The van der Waals surface area contributed by atoms with E-state index < -0.39 is 23.5 Å². The molecule has 18 heteroatoms. The second-order valence-corrected chi connectivity index (χ2v) is 9.57. The summed E-state index contributed by atoms with van der Waals surface area (Å²) in [6.45, 7) is 0.266. The van der Waals surface area contributed by atoms with Crippen LogP contribution in [0.2, 0.25) is 0 Å². The predicted octanol–water partition coefficient (Wildman–Crippen LogP) is 5.02. The summed E-state index contributed by atoms with van der Waals surface area (Å²) in [5.74, 6) is 0.346. The van der Waals surface area contributed by atoms with Crippen molar-refractivity contribution in [3.05, 3.63) is 83.3 Å². The molecule has 0 amide bonds. The molecular weight excluding hydrogens is 594 g/mol. The van der Waals surface area contributed by atoms with Crippen LogP contribution in [0.1, 0.15) is 11.1 Å². The minimum absolute atomic E-state index is 0.0467. The van der Waals surface area contributed by atoms with E-state index in [4.69, 9.17) is 10.8 Å². The number of rotatable bonds is 7. The van der Waals surface area contributed by atoms with Gasteiger partial charge in [0.2, 0.25) is 0 Å². The molecule has 0 unspecified atom stereocenters. The number of fused-ring (bicyclic) bond motifs is 2. The average molecular weight is 615 g/mol. The highest BCUT2D eigenvalue weighted by atomic mass is 19.4. The molecule has 12 nitrogen and oxygen atoms in total. The van der Waals surface area contributed by atoms with Gasteiger partial charge in [-0.3, -0.25) is 21.0 Å². The van der Waals surface area contributed by atoms with Gasteiger partial charge in [0.1, 0.15) is 33.4 Å². The highest BCUT2D eigenvalue weighted by Gasteiger charge is 2.31. The van der Waals surface area contributed by atoms with Crippen molar-refractivity contribution >= 4 is 45.1 Å². The molecule has 0 radical (unpaired) electrons. The number of nitrogens with one attached hydrogen (secondary N) is 6. The third-order valence-corrected chi connectivity index (χ3v) is 6.68. The van der Waals surface area contributed by atoms with Crippen molar-refractivity contribution in [1.29, 1.82) is 10.8 Å². The molecule has 6 N–H and O–H groups in total. The van der Waals surface area contributed by atoms with E-state index in [1.165, 1.54) is 46.1 Å². The number of aromatic nitrogens is 8. The largest absolute Gasteiger partial charge is 0.416 e. The standard InChI is InChI=1S/C26H20F6N12/c27-25(28,29)13-3-1-5-15(9-13)37-23-17-19(33)43(11-35-21(17)39-41-23)7-8-44-12-36-22-18(20(44)34)24(42-40-22)38-16-6-2-4-14(10-16)26(30,31)32/h1-6,9-12,33-34H,7-8H2,(H2,37,39,41)(H2,38,40,42). The van der Waals surface area contributed by atoms with Gasteiger partial charge in [-0.2, -0.15) is 36.5 Å². The van der Waals surface area contributed by atoms with Gasteiger partial charge in [0.15, 0.2) is 11.3 Å². The van der Waals surface area contributed by atoms with E-state index in [1.807, 2.05) is 0 Å². The summed E-state index contributed by atoms with van der Waals surface area (Å²) >= 11 is 0. The number of aromatic amines is 2. The lowest BCUT2D eigenvalue weighted by atomic mass is 10.2. The molecule has 226 valence electrons. The van der Waals surface area contributed by atoms with Crippen molar-refractivity contribution in [2.75, 3.05) is 10.6 Å². The van der Waals surface area contributed by atoms with Crippen LogP contribution in [0, 0.1) is 10.8 Å². The van der Waals surface area contributed by atoms with Gasteiger partial charge >= 0.3 is 12.4 Å². The van der Waals surface area contributed by atoms with Crippen molar-refractivity contribution in [3.8, 4) is 0 Å². The fraction of sp³-hybridized carbons (Fsp3) is 0.154. The van der Waals surface area contributed by atoms with Gasteiger partial charge in [0.05, 0.1) is 23.8 Å². The Hall–Kier alpha value is -5.68. The van der Waals surface area contributed by atoms with E-state index in [0.29, 0.717) is 0 Å². The molecule has 0 spiro atoms. The number of alkyl halides is 6. The van der Waals surface area contributed by atoms with E-state index in [-0.39, 0.29) is 69.1 Å². The van der Waals surface area contributed by atoms with Crippen LogP contribution >= 0.6 is 0 Å². The van der Waals surface area contributed by atoms with Gasteiger partial charge in [-0.15, -0.1) is 0 Å². The number of H-pyrrole nitrogens is 2. The van der Waals surface area contributed by atoms with E-state index in [1.54, 1.807) is 0 Å². The van der Waals surface area contributed by atoms with Crippen molar-refractivity contribution in [1.82, 2.24) is 39.5 Å². The maximum Gasteiger partial charge on any atom is 0.416 e. The zero-order valence-electron chi connectivity index (χ0n) is 22.1. The lowest BCUT2D eigenvalue weighted by molar-refractivity contribution is -0.138. The first-order valence-corrected chi connectivity index (χ1v) is 12.7. The van der Waals surface area contributed by atoms with Crippen LogP contribution in [0.25, 0.3) is 22.1 Å². The molecule has 0 aliphatic rings. The van der Waals surface area contributed by atoms with E-state index in [0.717, 1.165) is 24.3 Å². The summed E-state index contributed by atoms with van der Waals surface area (Å²) in [6.07, 6.45) is -6.32. The first-order valence-electron chi connectivity index (χ1n) is 12.7. The zero-order chi connectivity index (χ0) is 31.2. The van der Waals surface area contributed by atoms with Gasteiger partial charge in [0.25, 0.3) is 0 Å². The summed E-state index contributed by atoms with van der Waals surface area (Å²) in [4.78, 5) is 8.45. The summed E-state index contributed by atoms with van der Waals surface area (Å²) in [7, 11) is 0. The highest BCUT2D eigenvalue weighted by Crippen LogP contribution is 2.33. The monoisotopic (exact) mass is 614 g/mol. The molecule has 2 aromatic carbocycles. The number of halogens is 6. The molecular formula is C26H20F6N12. The van der Waals surface area contributed by atoms with E-state index in [2.05, 4.69) is 41.0 Å². The number of nitrogens with zero attached hydrogens (tertiary/aromatic N) is 6. The molecule has 6 aromatic rings. The second-order valence-electron chi connectivity index (χ2n) is 9.57. The maximum atomic E-state index is 13.2. The van der Waals surface area contributed by atoms with Crippen molar-refractivity contribution in [3.63, 3.8) is 0 Å². The van der Waals surface area contributed by atoms with Gasteiger partial charge in [-0.1, -0.05) is 12.1 Å². The zero-order valence-corrected chi connectivity index (χ0v) is 22.1. The summed E-state index contributed by atoms with van der Waals surface area (Å²) in [6, 6.07) is 9.15. The van der Waals surface area contributed by atoms with Crippen LogP contribution in [0.5, 0.6) is 0 Å². The first kappa shape index (κ1) is 28.4. The molecule has 0 saturated carbocycles. The molecule has 6 rings (SSSR count). The highest BCUT2D eigenvalue weighted by molar-refractivity contribution is 5.88. The third-order valence-electron chi connectivity index (χ3n) is 6.68. The SMILES string of the molecule is N=c1c2c(Nc3cccc(C(F)(F)F)c3)[nH]nc2ncn1CCn1cnc2n[nH]c(Nc3cccc(C(F)(F)F)c3)c2c1=N. The summed E-state index contributed by atoms with van der Waals surface area (Å²) in [5, 5.41) is 36.9. The van der Waals surface area contributed by atoms with Gasteiger partial charge in [-0.05, 0) is 36.4 Å². The van der Waals surface area contributed by atoms with Crippen LogP contribution in [0.3, 0.4) is 0 Å². The Bertz CT molecular complexity index is 1970. The van der Waals surface area contributed by atoms with E-state index in [9.17, 15) is 26.3 Å². The molecule has 0 aliphatic heterocycles. The van der Waals surface area contributed by atoms with Crippen LogP contribution in [0.4, 0.5) is 49.4 Å². The Morgan fingerprint density at radius 1 is 0.659 bits per heavy atom. The third kappa shape index (κ3) is 5.43. The average Bonchev–Trinajstić information content (AvgIpc) is 3.58. The number of anilines is 4. The predicted molar refractivity (Wildman–Crippen MR) is 145 cm³/mol. The lowest BCUT2D eigenvalue weighted by Crippen LogP contribution is -2.27. The fourth-order valence-corrected chi connectivity index (χ4v) is 4.52. The Balaban J connectivity index is 1.26. The van der Waals surface area contributed by atoms with Crippen LogP contribution in [-0.4, -0.2) is 39.5 Å². The Labute approximate surface area is 241 Å². The maximum absolute atomic E-state index is 13.2. The molecule has 0 atom stereocenters. The lowest BCUT2D eigenvalue weighted by Gasteiger charge is -2.12. The molecule has 0 aliphatic carbocycles. The number of hydrogen-bond donors (Lipinski definition) is 6. The molecule has 0 bridgehead atoms. The first-order chi connectivity index (χ1) is 20.9. The molecule has 4 heterocycles. The number of hydrogen-bond acceptors (Lipinski definition) is 8. The quantitative estimate of drug-likeness (QED) is 0.138. The molecule has 0 saturated heterocycles. The number of aryl methyl sites for hydroxylation is 2. The van der Waals surface area contributed by atoms with Crippen molar-refractivity contribution in [2.24, 2.45) is 0 Å². The van der Waals surface area contributed by atoms with Crippen LogP contribution < -0.4 is 21.6 Å². The van der Waals surface area contributed by atoms with Gasteiger partial charge in [0, 0.05) is 24.5 Å². The van der Waals surface area contributed by atoms with Crippen molar-refractivity contribution in [2.45, 2.75) is 25.4 Å². The van der Waals surface area contributed by atoms with Crippen LogP contribution in [0.15, 0.2) is 61.2 Å². The molecule has 0 fully saturated rings. The summed E-state index contributed by atoms with van der Waals surface area (Å²) < 4.78 is 81.8. The molecule has 44 heavy (non-hydrogen) atoms. The van der Waals surface area contributed by atoms with E-state index >= 15 is 0 Å². The minimum Gasteiger partial charge on any atom is -0.340 e. The Kier molecular flexibility index (Phi) is 6.82. The Morgan fingerprint density at radius 3 is 1.45 bits per heavy atom. The van der Waals surface area contributed by atoms with Gasteiger partial charge < -0.3 is 19.8 Å². The van der Waals surface area contributed by atoms with Gasteiger partial charge in [-0.25, -0.2) is 9.97 Å². The van der Waals surface area contributed by atoms with Crippen LogP contribution in [-0.2, 0) is 25.4 Å². The number of benzene rings is 2. The normalized spacial score (nSPS) is 12.2. The second kappa shape index (κ2) is 10.5. The fourth-order valence-electron chi connectivity index (χ4n) is 4.52. The minimum atomic E-state index is -4.53. The van der Waals surface area contributed by atoms with Crippen molar-refractivity contribution < 1.29 is 26.3 Å². The topological polar surface area (TPSA) is 165 Å². The smallest absolute Gasteiger partial charge is 0.340 e.